The molecule has 5 saturated carbocycles. The second-order valence-corrected chi connectivity index (χ2v) is 19.6. The molecule has 7 nitrogen and oxygen atoms in total. The van der Waals surface area contributed by atoms with Gasteiger partial charge in [0.2, 0.25) is 5.91 Å². The van der Waals surface area contributed by atoms with Crippen molar-refractivity contribution in [2.45, 2.75) is 158 Å². The van der Waals surface area contributed by atoms with Gasteiger partial charge in [-0.05, 0) is 135 Å². The molecule has 5 rings (SSSR count). The lowest BCUT2D eigenvalue weighted by Gasteiger charge is -2.73. The van der Waals surface area contributed by atoms with E-state index in [1.807, 2.05) is 20.8 Å². The highest BCUT2D eigenvalue weighted by atomic mass is 16.5. The lowest BCUT2D eigenvalue weighted by Crippen LogP contribution is -2.67. The van der Waals surface area contributed by atoms with Crippen molar-refractivity contribution in [1.82, 2.24) is 5.32 Å². The van der Waals surface area contributed by atoms with E-state index in [2.05, 4.69) is 53.4 Å². The topological polar surface area (TPSA) is 113 Å². The number of aliphatic carboxylic acids is 1. The van der Waals surface area contributed by atoms with Crippen molar-refractivity contribution in [2.75, 3.05) is 6.61 Å². The van der Waals surface area contributed by atoms with Crippen LogP contribution in [0.1, 0.15) is 146 Å². The maximum absolute atomic E-state index is 13.4. The molecule has 0 bridgehead atoms. The summed E-state index contributed by atoms with van der Waals surface area (Å²) in [5.41, 5.74) is 0.972. The van der Waals surface area contributed by atoms with Crippen molar-refractivity contribution in [3.05, 3.63) is 12.2 Å². The van der Waals surface area contributed by atoms with E-state index in [9.17, 15) is 24.6 Å². The van der Waals surface area contributed by atoms with Crippen molar-refractivity contribution >= 4 is 17.8 Å². The summed E-state index contributed by atoms with van der Waals surface area (Å²) in [5, 5.41) is 22.0. The van der Waals surface area contributed by atoms with Gasteiger partial charge in [0, 0.05) is 17.9 Å². The number of rotatable bonds is 10. The maximum Gasteiger partial charge on any atom is 0.306 e. The van der Waals surface area contributed by atoms with Crippen molar-refractivity contribution in [3.63, 3.8) is 0 Å². The number of hydrogen-bond acceptors (Lipinski definition) is 5. The number of aliphatic hydroxyl groups is 1. The van der Waals surface area contributed by atoms with Gasteiger partial charge in [0.25, 0.3) is 0 Å². The Labute approximate surface area is 290 Å². The van der Waals surface area contributed by atoms with Crippen molar-refractivity contribution in [1.29, 1.82) is 0 Å². The molecule has 5 aliphatic carbocycles. The number of carbonyl (C=O) groups excluding carboxylic acids is 2. The minimum atomic E-state index is -0.889. The van der Waals surface area contributed by atoms with Crippen molar-refractivity contribution in [3.8, 4) is 0 Å². The molecule has 0 aliphatic heterocycles. The molecule has 0 saturated heterocycles. The molecular formula is C41H67NO6. The first-order valence-electron chi connectivity index (χ1n) is 19.1. The molecular weight excluding hydrogens is 602 g/mol. The van der Waals surface area contributed by atoms with Crippen LogP contribution >= 0.6 is 0 Å². The predicted molar refractivity (Wildman–Crippen MR) is 189 cm³/mol. The van der Waals surface area contributed by atoms with E-state index in [1.165, 1.54) is 24.8 Å². The van der Waals surface area contributed by atoms with Gasteiger partial charge < -0.3 is 20.3 Å². The van der Waals surface area contributed by atoms with E-state index in [4.69, 9.17) is 4.74 Å². The molecule has 0 spiro atoms. The van der Waals surface area contributed by atoms with E-state index in [0.717, 1.165) is 44.9 Å². The summed E-state index contributed by atoms with van der Waals surface area (Å²) in [7, 11) is 0. The molecule has 5 fully saturated rings. The number of carbonyl (C=O) groups is 3. The smallest absolute Gasteiger partial charge is 0.306 e. The molecule has 0 heterocycles. The summed E-state index contributed by atoms with van der Waals surface area (Å²) >= 11 is 0. The molecule has 1 unspecified atom stereocenters. The zero-order valence-electron chi connectivity index (χ0n) is 31.7. The van der Waals surface area contributed by atoms with Gasteiger partial charge in [0.15, 0.2) is 0 Å². The molecule has 1 amide bonds. The minimum Gasteiger partial charge on any atom is -0.481 e. The Bertz CT molecular complexity index is 1290. The standard InChI is InChI=1S/C41H67NO6/c1-25(2)27-13-18-41(21-32(44)42-26(3)24-43)20-19-39(9)28(35(27)41)11-12-30-38(8)16-15-31(37(6,7)29(38)14-17-40(30,39)10)48-34(47)23-36(4,5)22-33(45)46/h26-31,35,43H,1,11-24H2,2-10H3,(H,42,44)(H,45,46)/t26?,27-,28+,29-,30+,31-,35+,38-,39+,40+,41+/m0/s1. The Morgan fingerprint density at radius 2 is 1.58 bits per heavy atom. The molecule has 11 atom stereocenters. The van der Waals surface area contributed by atoms with E-state index in [-0.39, 0.29) is 70.5 Å². The van der Waals surface area contributed by atoms with Crippen molar-refractivity contribution in [2.24, 2.45) is 62.1 Å². The number of allylic oxidation sites excluding steroid dienone is 1. The van der Waals surface area contributed by atoms with Crippen LogP contribution in [0.5, 0.6) is 0 Å². The normalized spacial score (nSPS) is 42.3. The SMILES string of the molecule is C=C(C)[C@@H]1CC[C@]2(CC(=O)NC(C)CO)CC[C@]3(C)[C@H](CC[C@@H]4[C@@]5(C)CC[C@H](OC(=O)CC(C)(C)CC(=O)O)C(C)(C)[C@@H]5CC[C@]43C)[C@@H]12. The number of fused-ring (bicyclic) bond motifs is 7. The van der Waals surface area contributed by atoms with E-state index in [0.29, 0.717) is 36.0 Å². The number of carboxylic acid groups (broad SMARTS) is 1. The quantitative estimate of drug-likeness (QED) is 0.159. The first-order valence-corrected chi connectivity index (χ1v) is 19.1. The Balaban J connectivity index is 1.39. The molecule has 48 heavy (non-hydrogen) atoms. The fourth-order valence-corrected chi connectivity index (χ4v) is 13.5. The van der Waals surface area contributed by atoms with Crippen LogP contribution < -0.4 is 5.32 Å². The third-order valence-corrected chi connectivity index (χ3v) is 15.9. The molecule has 0 radical (unpaired) electrons. The monoisotopic (exact) mass is 669 g/mol. The Morgan fingerprint density at radius 1 is 0.896 bits per heavy atom. The largest absolute Gasteiger partial charge is 0.481 e. The molecule has 7 heteroatoms. The lowest BCUT2D eigenvalue weighted by atomic mass is 9.32. The fraction of sp³-hybridized carbons (Fsp3) is 0.878. The van der Waals surface area contributed by atoms with Crippen LogP contribution in [0, 0.1) is 62.1 Å². The number of carboxylic acids is 1. The number of nitrogens with one attached hydrogen (secondary N) is 1. The number of ether oxygens (including phenoxy) is 1. The van der Waals surface area contributed by atoms with Gasteiger partial charge in [-0.25, -0.2) is 0 Å². The van der Waals surface area contributed by atoms with Gasteiger partial charge in [-0.15, -0.1) is 0 Å². The second-order valence-electron chi connectivity index (χ2n) is 19.6. The summed E-state index contributed by atoms with van der Waals surface area (Å²) < 4.78 is 6.25. The average molecular weight is 670 g/mol. The lowest BCUT2D eigenvalue weighted by molar-refractivity contribution is -0.250. The average Bonchev–Trinajstić information content (AvgIpc) is 3.33. The molecule has 272 valence electrons. The third-order valence-electron chi connectivity index (χ3n) is 15.9. The predicted octanol–water partition coefficient (Wildman–Crippen LogP) is 8.33. The van der Waals surface area contributed by atoms with Crippen LogP contribution in [0.3, 0.4) is 0 Å². The van der Waals surface area contributed by atoms with E-state index < -0.39 is 11.4 Å². The first kappa shape index (κ1) is 37.4. The zero-order valence-corrected chi connectivity index (χ0v) is 31.7. The number of hydrogen-bond donors (Lipinski definition) is 3. The first-order chi connectivity index (χ1) is 22.2. The number of esters is 1. The van der Waals surface area contributed by atoms with Gasteiger partial charge in [0.1, 0.15) is 6.10 Å². The Hall–Kier alpha value is -1.89. The van der Waals surface area contributed by atoms with Crippen LogP contribution in [-0.2, 0) is 19.1 Å². The van der Waals surface area contributed by atoms with Crippen LogP contribution in [0.2, 0.25) is 0 Å². The van der Waals surface area contributed by atoms with Crippen LogP contribution in [0.25, 0.3) is 0 Å². The van der Waals surface area contributed by atoms with Gasteiger partial charge in [0.05, 0.1) is 19.4 Å². The van der Waals surface area contributed by atoms with Crippen LogP contribution in [0.4, 0.5) is 0 Å². The van der Waals surface area contributed by atoms with E-state index in [1.54, 1.807) is 0 Å². The van der Waals surface area contributed by atoms with Crippen LogP contribution in [0.15, 0.2) is 12.2 Å². The van der Waals surface area contributed by atoms with Gasteiger partial charge in [-0.1, -0.05) is 60.6 Å². The molecule has 5 aliphatic rings. The number of aliphatic hydroxyl groups excluding tert-OH is 1. The minimum absolute atomic E-state index is 0.000309. The highest BCUT2D eigenvalue weighted by Crippen LogP contribution is 2.78. The third kappa shape index (κ3) is 6.08. The maximum atomic E-state index is 13.4. The Kier molecular flexibility index (Phi) is 9.89. The Morgan fingerprint density at radius 3 is 2.21 bits per heavy atom. The summed E-state index contributed by atoms with van der Waals surface area (Å²) in [5.74, 6) is 1.42. The summed E-state index contributed by atoms with van der Waals surface area (Å²) in [4.78, 5) is 37.9. The number of amides is 1. The zero-order chi connectivity index (χ0) is 35.7. The summed E-state index contributed by atoms with van der Waals surface area (Å²) in [6.07, 6.45) is 11.5. The highest BCUT2D eigenvalue weighted by molar-refractivity contribution is 5.77. The highest BCUT2D eigenvalue weighted by Gasteiger charge is 2.71. The van der Waals surface area contributed by atoms with Crippen LogP contribution in [-0.4, -0.2) is 46.8 Å². The fourth-order valence-electron chi connectivity index (χ4n) is 13.5. The molecule has 0 aromatic heterocycles. The van der Waals surface area contributed by atoms with Gasteiger partial charge in [-0.3, -0.25) is 14.4 Å². The second kappa shape index (κ2) is 12.7. The van der Waals surface area contributed by atoms with E-state index >= 15 is 0 Å². The van der Waals surface area contributed by atoms with Gasteiger partial charge >= 0.3 is 11.9 Å². The van der Waals surface area contributed by atoms with Gasteiger partial charge in [-0.2, -0.15) is 0 Å². The van der Waals surface area contributed by atoms with Crippen molar-refractivity contribution < 1.29 is 29.3 Å². The molecule has 0 aromatic rings. The molecule has 0 aromatic carbocycles. The molecule has 3 N–H and O–H groups in total. The summed E-state index contributed by atoms with van der Waals surface area (Å²) in [6.45, 7) is 24.7. The summed E-state index contributed by atoms with van der Waals surface area (Å²) in [6, 6.07) is -0.225.